The molecule has 1 aromatic rings. The van der Waals surface area contributed by atoms with Crippen molar-refractivity contribution >= 4 is 11.4 Å². The molecular weight excluding hydrogens is 208 g/mol. The van der Waals surface area contributed by atoms with Crippen LogP contribution in [0.1, 0.15) is 49.7 Å². The van der Waals surface area contributed by atoms with Gasteiger partial charge < -0.3 is 11.1 Å². The van der Waals surface area contributed by atoms with Gasteiger partial charge in [-0.15, -0.1) is 0 Å². The zero-order chi connectivity index (χ0) is 12.3. The van der Waals surface area contributed by atoms with Crippen LogP contribution in [0.3, 0.4) is 0 Å². The minimum atomic E-state index is 0.637. The molecule has 0 aromatic heterocycles. The Hall–Kier alpha value is -1.18. The lowest BCUT2D eigenvalue weighted by molar-refractivity contribution is 0.619. The van der Waals surface area contributed by atoms with Crippen LogP contribution in [0.25, 0.3) is 0 Å². The maximum absolute atomic E-state index is 5.99. The molecule has 0 atom stereocenters. The zero-order valence-corrected chi connectivity index (χ0v) is 11.1. The first-order chi connectivity index (χ1) is 8.16. The smallest absolute Gasteiger partial charge is 0.0392 e. The van der Waals surface area contributed by atoms with Crippen molar-refractivity contribution in [2.45, 2.75) is 58.4 Å². The average molecular weight is 232 g/mol. The lowest BCUT2D eigenvalue weighted by atomic mass is 10.1. The van der Waals surface area contributed by atoms with Crippen LogP contribution in [0.5, 0.6) is 0 Å². The number of aryl methyl sites for hydroxylation is 2. The van der Waals surface area contributed by atoms with Crippen LogP contribution in [0, 0.1) is 13.8 Å². The fourth-order valence-electron chi connectivity index (χ4n) is 2.67. The molecule has 0 saturated heterocycles. The normalized spacial score (nSPS) is 17.8. The predicted molar refractivity (Wildman–Crippen MR) is 75.4 cm³/mol. The second kappa shape index (κ2) is 5.44. The molecule has 0 unspecified atom stereocenters. The third-order valence-electron chi connectivity index (χ3n) is 3.83. The number of nitrogens with two attached hydrogens (primary N) is 1. The van der Waals surface area contributed by atoms with E-state index in [4.69, 9.17) is 5.73 Å². The van der Waals surface area contributed by atoms with Crippen molar-refractivity contribution in [1.29, 1.82) is 0 Å². The first-order valence-corrected chi connectivity index (χ1v) is 6.80. The van der Waals surface area contributed by atoms with Gasteiger partial charge in [0.2, 0.25) is 0 Å². The molecule has 2 rings (SSSR count). The van der Waals surface area contributed by atoms with Crippen LogP contribution in [0.4, 0.5) is 11.4 Å². The molecule has 1 saturated carbocycles. The highest BCUT2D eigenvalue weighted by molar-refractivity contribution is 5.63. The highest BCUT2D eigenvalue weighted by Crippen LogP contribution is 2.26. The van der Waals surface area contributed by atoms with Gasteiger partial charge in [-0.05, 0) is 43.9 Å². The van der Waals surface area contributed by atoms with Crippen LogP contribution in [0.2, 0.25) is 0 Å². The largest absolute Gasteiger partial charge is 0.398 e. The molecule has 2 heteroatoms. The monoisotopic (exact) mass is 232 g/mol. The van der Waals surface area contributed by atoms with E-state index in [1.54, 1.807) is 0 Å². The topological polar surface area (TPSA) is 38.0 Å². The summed E-state index contributed by atoms with van der Waals surface area (Å²) in [6.07, 6.45) is 8.11. The Kier molecular flexibility index (Phi) is 3.93. The molecule has 0 radical (unpaired) electrons. The van der Waals surface area contributed by atoms with E-state index < -0.39 is 0 Å². The van der Waals surface area contributed by atoms with Crippen molar-refractivity contribution in [3.63, 3.8) is 0 Å². The van der Waals surface area contributed by atoms with E-state index in [9.17, 15) is 0 Å². The van der Waals surface area contributed by atoms with E-state index in [1.807, 2.05) is 0 Å². The summed E-state index contributed by atoms with van der Waals surface area (Å²) < 4.78 is 0. The molecule has 1 aliphatic carbocycles. The summed E-state index contributed by atoms with van der Waals surface area (Å²) in [6, 6.07) is 4.91. The number of nitrogen functional groups attached to an aromatic ring is 1. The van der Waals surface area contributed by atoms with Crippen molar-refractivity contribution in [3.05, 3.63) is 23.3 Å². The minimum absolute atomic E-state index is 0.637. The first-order valence-electron chi connectivity index (χ1n) is 6.80. The van der Waals surface area contributed by atoms with Gasteiger partial charge in [-0.1, -0.05) is 31.7 Å². The number of hydrogen-bond acceptors (Lipinski definition) is 2. The lowest BCUT2D eigenvalue weighted by Gasteiger charge is -2.20. The van der Waals surface area contributed by atoms with E-state index in [1.165, 1.54) is 55.3 Å². The van der Waals surface area contributed by atoms with E-state index in [2.05, 4.69) is 31.3 Å². The highest BCUT2D eigenvalue weighted by Gasteiger charge is 2.13. The van der Waals surface area contributed by atoms with Crippen LogP contribution >= 0.6 is 0 Å². The number of nitrogens with one attached hydrogen (secondary N) is 1. The third-order valence-corrected chi connectivity index (χ3v) is 3.83. The molecule has 1 aromatic carbocycles. The summed E-state index contributed by atoms with van der Waals surface area (Å²) in [4.78, 5) is 0. The maximum Gasteiger partial charge on any atom is 0.0392 e. The standard InChI is InChI=1S/C15H24N2/c1-11-9-12(2)15(10-14(11)16)17-13-7-5-3-4-6-8-13/h9-10,13,17H,3-8,16H2,1-2H3. The molecular formula is C15H24N2. The van der Waals surface area contributed by atoms with Crippen molar-refractivity contribution in [3.8, 4) is 0 Å². The molecule has 0 aliphatic heterocycles. The predicted octanol–water partition coefficient (Wildman–Crippen LogP) is 4.02. The second-order valence-electron chi connectivity index (χ2n) is 5.36. The van der Waals surface area contributed by atoms with Crippen molar-refractivity contribution in [1.82, 2.24) is 0 Å². The van der Waals surface area contributed by atoms with Crippen LogP contribution in [0.15, 0.2) is 12.1 Å². The van der Waals surface area contributed by atoms with Gasteiger partial charge in [-0.3, -0.25) is 0 Å². The Labute approximate surface area is 105 Å². The Balaban J connectivity index is 2.09. The quantitative estimate of drug-likeness (QED) is 0.597. The van der Waals surface area contributed by atoms with Crippen LogP contribution in [-0.2, 0) is 0 Å². The number of rotatable bonds is 2. The molecule has 1 fully saturated rings. The van der Waals surface area contributed by atoms with Gasteiger partial charge in [0.25, 0.3) is 0 Å². The zero-order valence-electron chi connectivity index (χ0n) is 11.1. The summed E-state index contributed by atoms with van der Waals surface area (Å²) in [5, 5.41) is 3.68. The van der Waals surface area contributed by atoms with Crippen LogP contribution < -0.4 is 11.1 Å². The van der Waals surface area contributed by atoms with Crippen LogP contribution in [-0.4, -0.2) is 6.04 Å². The summed E-state index contributed by atoms with van der Waals surface area (Å²) in [7, 11) is 0. The minimum Gasteiger partial charge on any atom is -0.398 e. The Bertz CT molecular complexity index is 377. The van der Waals surface area contributed by atoms with Gasteiger partial charge in [0, 0.05) is 17.4 Å². The Morgan fingerprint density at radius 2 is 1.65 bits per heavy atom. The molecule has 3 N–H and O–H groups in total. The molecule has 0 spiro atoms. The molecule has 94 valence electrons. The average Bonchev–Trinajstić information content (AvgIpc) is 2.54. The van der Waals surface area contributed by atoms with E-state index in [0.717, 1.165) is 5.69 Å². The molecule has 2 nitrogen and oxygen atoms in total. The summed E-state index contributed by atoms with van der Waals surface area (Å²) in [5.74, 6) is 0. The lowest BCUT2D eigenvalue weighted by Crippen LogP contribution is -2.19. The number of hydrogen-bond donors (Lipinski definition) is 2. The first kappa shape index (κ1) is 12.3. The molecule has 0 heterocycles. The van der Waals surface area contributed by atoms with Gasteiger partial charge >= 0.3 is 0 Å². The van der Waals surface area contributed by atoms with Gasteiger partial charge in [0.05, 0.1) is 0 Å². The van der Waals surface area contributed by atoms with Gasteiger partial charge in [0.15, 0.2) is 0 Å². The fraction of sp³-hybridized carbons (Fsp3) is 0.600. The summed E-state index contributed by atoms with van der Waals surface area (Å²) >= 11 is 0. The van der Waals surface area contributed by atoms with Gasteiger partial charge in [0.1, 0.15) is 0 Å². The van der Waals surface area contributed by atoms with Crippen molar-refractivity contribution in [2.24, 2.45) is 0 Å². The van der Waals surface area contributed by atoms with Gasteiger partial charge in [-0.2, -0.15) is 0 Å². The highest BCUT2D eigenvalue weighted by atomic mass is 14.9. The van der Waals surface area contributed by atoms with E-state index in [-0.39, 0.29) is 0 Å². The second-order valence-corrected chi connectivity index (χ2v) is 5.36. The van der Waals surface area contributed by atoms with Crippen molar-refractivity contribution < 1.29 is 0 Å². The number of anilines is 2. The summed E-state index contributed by atoms with van der Waals surface area (Å²) in [5.41, 5.74) is 10.6. The molecule has 17 heavy (non-hydrogen) atoms. The van der Waals surface area contributed by atoms with E-state index in [0.29, 0.717) is 6.04 Å². The SMILES string of the molecule is Cc1cc(C)c(NC2CCCCCC2)cc1N. The summed E-state index contributed by atoms with van der Waals surface area (Å²) in [6.45, 7) is 4.23. The number of benzene rings is 1. The Morgan fingerprint density at radius 3 is 2.29 bits per heavy atom. The fourth-order valence-corrected chi connectivity index (χ4v) is 2.67. The van der Waals surface area contributed by atoms with Crippen molar-refractivity contribution in [2.75, 3.05) is 11.1 Å². The molecule has 0 bridgehead atoms. The maximum atomic E-state index is 5.99. The Morgan fingerprint density at radius 1 is 1.00 bits per heavy atom. The third kappa shape index (κ3) is 3.15. The van der Waals surface area contributed by atoms with E-state index >= 15 is 0 Å². The van der Waals surface area contributed by atoms with Gasteiger partial charge in [-0.25, -0.2) is 0 Å². The molecule has 1 aliphatic rings. The molecule has 0 amide bonds.